The Bertz CT molecular complexity index is 194. The number of methoxy groups -OCH3 is 1. The Labute approximate surface area is 89.6 Å². The summed E-state index contributed by atoms with van der Waals surface area (Å²) < 4.78 is 10.5. The number of hydrogen-bond acceptors (Lipinski definition) is 5. The molecule has 0 radical (unpaired) electrons. The quantitative estimate of drug-likeness (QED) is 0.577. The summed E-state index contributed by atoms with van der Waals surface area (Å²) in [6, 6.07) is 0. The lowest BCUT2D eigenvalue weighted by molar-refractivity contribution is -0.244. The first-order chi connectivity index (χ1) is 7.02. The summed E-state index contributed by atoms with van der Waals surface area (Å²) in [5.74, 6) is 0.0965. The van der Waals surface area contributed by atoms with Crippen molar-refractivity contribution < 1.29 is 24.8 Å². The van der Waals surface area contributed by atoms with Crippen LogP contribution in [-0.4, -0.2) is 59.6 Å². The van der Waals surface area contributed by atoms with Gasteiger partial charge < -0.3 is 24.8 Å². The van der Waals surface area contributed by atoms with Crippen LogP contribution < -0.4 is 0 Å². The van der Waals surface area contributed by atoms with Crippen molar-refractivity contribution in [1.82, 2.24) is 0 Å². The van der Waals surface area contributed by atoms with Crippen LogP contribution in [0.4, 0.5) is 0 Å². The topological polar surface area (TPSA) is 79.2 Å². The van der Waals surface area contributed by atoms with E-state index in [2.05, 4.69) is 0 Å². The van der Waals surface area contributed by atoms with Crippen LogP contribution in [0.2, 0.25) is 0 Å². The molecule has 0 bridgehead atoms. The van der Waals surface area contributed by atoms with Crippen molar-refractivity contribution in [2.75, 3.05) is 13.7 Å². The molecule has 3 N–H and O–H groups in total. The molecule has 15 heavy (non-hydrogen) atoms. The molecule has 2 unspecified atom stereocenters. The summed E-state index contributed by atoms with van der Waals surface area (Å²) in [6.07, 6.45) is -3.68. The summed E-state index contributed by atoms with van der Waals surface area (Å²) in [6.45, 7) is 3.54. The van der Waals surface area contributed by atoms with E-state index in [4.69, 9.17) is 14.6 Å². The zero-order valence-corrected chi connectivity index (χ0v) is 9.33. The summed E-state index contributed by atoms with van der Waals surface area (Å²) >= 11 is 0. The molecule has 0 spiro atoms. The summed E-state index contributed by atoms with van der Waals surface area (Å²) in [7, 11) is 1.42. The third-order valence-corrected chi connectivity index (χ3v) is 2.83. The summed E-state index contributed by atoms with van der Waals surface area (Å²) in [5, 5.41) is 28.7. The van der Waals surface area contributed by atoms with Gasteiger partial charge in [-0.05, 0) is 5.92 Å². The third kappa shape index (κ3) is 2.49. The van der Waals surface area contributed by atoms with Crippen LogP contribution in [0.3, 0.4) is 0 Å². The number of aliphatic hydroxyl groups is 3. The fourth-order valence-corrected chi connectivity index (χ4v) is 1.94. The van der Waals surface area contributed by atoms with E-state index in [0.717, 1.165) is 0 Å². The van der Waals surface area contributed by atoms with Crippen LogP contribution >= 0.6 is 0 Å². The lowest BCUT2D eigenvalue weighted by atomic mass is 9.89. The first-order valence-electron chi connectivity index (χ1n) is 5.18. The molecule has 90 valence electrons. The lowest BCUT2D eigenvalue weighted by Crippen LogP contribution is -2.60. The Hall–Kier alpha value is -0.200. The van der Waals surface area contributed by atoms with Gasteiger partial charge in [-0.3, -0.25) is 0 Å². The molecule has 1 aliphatic heterocycles. The number of ether oxygens (including phenoxy) is 2. The molecular formula is C10H20O5. The molecule has 5 heteroatoms. The van der Waals surface area contributed by atoms with Gasteiger partial charge in [0, 0.05) is 7.11 Å². The van der Waals surface area contributed by atoms with E-state index in [1.54, 1.807) is 0 Å². The maximum Gasteiger partial charge on any atom is 0.114 e. The molecule has 1 fully saturated rings. The summed E-state index contributed by atoms with van der Waals surface area (Å²) in [4.78, 5) is 0. The second kappa shape index (κ2) is 5.23. The largest absolute Gasteiger partial charge is 0.394 e. The van der Waals surface area contributed by atoms with Gasteiger partial charge in [0.2, 0.25) is 0 Å². The first kappa shape index (κ1) is 12.9. The Morgan fingerprint density at radius 1 is 1.27 bits per heavy atom. The van der Waals surface area contributed by atoms with Gasteiger partial charge in [0.25, 0.3) is 0 Å². The van der Waals surface area contributed by atoms with Crippen LogP contribution in [0.25, 0.3) is 0 Å². The average molecular weight is 220 g/mol. The Morgan fingerprint density at radius 2 is 1.87 bits per heavy atom. The van der Waals surface area contributed by atoms with Gasteiger partial charge in [-0.15, -0.1) is 0 Å². The van der Waals surface area contributed by atoms with E-state index in [-0.39, 0.29) is 12.5 Å². The molecular weight excluding hydrogens is 200 g/mol. The summed E-state index contributed by atoms with van der Waals surface area (Å²) in [5.41, 5.74) is 0. The van der Waals surface area contributed by atoms with Gasteiger partial charge in [0.15, 0.2) is 0 Å². The van der Waals surface area contributed by atoms with Gasteiger partial charge in [-0.1, -0.05) is 13.8 Å². The van der Waals surface area contributed by atoms with Crippen LogP contribution in [0, 0.1) is 5.92 Å². The molecule has 0 saturated carbocycles. The van der Waals surface area contributed by atoms with Crippen LogP contribution in [0.5, 0.6) is 0 Å². The highest BCUT2D eigenvalue weighted by atomic mass is 16.6. The number of aliphatic hydroxyl groups excluding tert-OH is 3. The maximum absolute atomic E-state index is 9.89. The SMILES string of the molecule is COC1[C@@H](O)C(CO)O[C@@H](C(C)C)[C@@H]1O. The maximum atomic E-state index is 9.89. The Balaban J connectivity index is 2.79. The highest BCUT2D eigenvalue weighted by Crippen LogP contribution is 2.27. The second-order valence-electron chi connectivity index (χ2n) is 4.25. The predicted molar refractivity (Wildman–Crippen MR) is 53.4 cm³/mol. The lowest BCUT2D eigenvalue weighted by Gasteiger charge is -2.43. The third-order valence-electron chi connectivity index (χ3n) is 2.83. The van der Waals surface area contributed by atoms with Gasteiger partial charge in [-0.2, -0.15) is 0 Å². The Morgan fingerprint density at radius 3 is 2.27 bits per heavy atom. The molecule has 5 nitrogen and oxygen atoms in total. The molecule has 1 saturated heterocycles. The van der Waals surface area contributed by atoms with Gasteiger partial charge >= 0.3 is 0 Å². The van der Waals surface area contributed by atoms with Crippen molar-refractivity contribution in [2.45, 2.75) is 44.4 Å². The average Bonchev–Trinajstić information content (AvgIpc) is 2.18. The van der Waals surface area contributed by atoms with Gasteiger partial charge in [0.05, 0.1) is 12.7 Å². The fraction of sp³-hybridized carbons (Fsp3) is 1.00. The zero-order chi connectivity index (χ0) is 11.6. The van der Waals surface area contributed by atoms with E-state index in [9.17, 15) is 10.2 Å². The monoisotopic (exact) mass is 220 g/mol. The minimum atomic E-state index is -0.995. The normalized spacial score (nSPS) is 42.2. The molecule has 0 aromatic carbocycles. The van der Waals surface area contributed by atoms with Crippen molar-refractivity contribution >= 4 is 0 Å². The molecule has 0 aromatic rings. The number of rotatable bonds is 3. The van der Waals surface area contributed by atoms with Crippen molar-refractivity contribution in [2.24, 2.45) is 5.92 Å². The highest BCUT2D eigenvalue weighted by molar-refractivity contribution is 4.93. The zero-order valence-electron chi connectivity index (χ0n) is 9.33. The Kier molecular flexibility index (Phi) is 4.48. The highest BCUT2D eigenvalue weighted by Gasteiger charge is 2.45. The van der Waals surface area contributed by atoms with Crippen LogP contribution in [0.1, 0.15) is 13.8 Å². The molecule has 5 atom stereocenters. The van der Waals surface area contributed by atoms with Crippen molar-refractivity contribution in [1.29, 1.82) is 0 Å². The molecule has 0 aromatic heterocycles. The molecule has 1 rings (SSSR count). The molecule has 1 aliphatic rings. The van der Waals surface area contributed by atoms with Gasteiger partial charge in [-0.25, -0.2) is 0 Å². The standard InChI is InChI=1S/C10H20O5/c1-5(2)9-8(13)10(14-3)7(12)6(4-11)15-9/h5-13H,4H2,1-3H3/t6?,7-,8-,9-,10?/m0/s1. The van der Waals surface area contributed by atoms with Gasteiger partial charge in [0.1, 0.15) is 24.4 Å². The molecule has 0 amide bonds. The van der Waals surface area contributed by atoms with E-state index in [1.165, 1.54) is 7.11 Å². The van der Waals surface area contributed by atoms with Crippen molar-refractivity contribution in [3.63, 3.8) is 0 Å². The van der Waals surface area contributed by atoms with Crippen LogP contribution in [-0.2, 0) is 9.47 Å². The number of hydrogen-bond donors (Lipinski definition) is 3. The molecule has 0 aliphatic carbocycles. The van der Waals surface area contributed by atoms with E-state index in [1.807, 2.05) is 13.8 Å². The van der Waals surface area contributed by atoms with E-state index >= 15 is 0 Å². The fourth-order valence-electron chi connectivity index (χ4n) is 1.94. The van der Waals surface area contributed by atoms with Crippen LogP contribution in [0.15, 0.2) is 0 Å². The first-order valence-corrected chi connectivity index (χ1v) is 5.18. The minimum Gasteiger partial charge on any atom is -0.394 e. The van der Waals surface area contributed by atoms with Crippen molar-refractivity contribution in [3.05, 3.63) is 0 Å². The van der Waals surface area contributed by atoms with Crippen molar-refractivity contribution in [3.8, 4) is 0 Å². The smallest absolute Gasteiger partial charge is 0.114 e. The minimum absolute atomic E-state index is 0.0965. The second-order valence-corrected chi connectivity index (χ2v) is 4.25. The predicted octanol–water partition coefficient (Wildman–Crippen LogP) is -0.861. The van der Waals surface area contributed by atoms with E-state index < -0.39 is 30.5 Å². The molecule has 1 heterocycles. The van der Waals surface area contributed by atoms with E-state index in [0.29, 0.717) is 0 Å².